The van der Waals surface area contributed by atoms with E-state index in [0.717, 1.165) is 11.7 Å². The second kappa shape index (κ2) is 13.0. The van der Waals surface area contributed by atoms with E-state index in [1.54, 1.807) is 0 Å². The van der Waals surface area contributed by atoms with E-state index in [4.69, 9.17) is 4.74 Å². The summed E-state index contributed by atoms with van der Waals surface area (Å²) in [6.45, 7) is 0.310. The van der Waals surface area contributed by atoms with E-state index >= 15 is 0 Å². The van der Waals surface area contributed by atoms with Crippen molar-refractivity contribution in [3.63, 3.8) is 0 Å². The Kier molecular flexibility index (Phi) is 9.82. The first-order valence-corrected chi connectivity index (χ1v) is 13.5. The molecule has 0 aliphatic carbocycles. The molecule has 4 aromatic rings. The molecule has 0 aromatic heterocycles. The minimum atomic E-state index is -2.31. The molecule has 0 N–H and O–H groups in total. The molecule has 4 aromatic carbocycles. The van der Waals surface area contributed by atoms with Crippen molar-refractivity contribution in [1.82, 2.24) is 0 Å². The van der Waals surface area contributed by atoms with Crippen LogP contribution in [0.5, 0.6) is 0 Å². The zero-order valence-corrected chi connectivity index (χ0v) is 21.8. The van der Waals surface area contributed by atoms with E-state index in [-0.39, 0.29) is 29.4 Å². The van der Waals surface area contributed by atoms with Gasteiger partial charge in [-0.3, -0.25) is 0 Å². The molecule has 0 saturated heterocycles. The Bertz CT molecular complexity index is 1070. The summed E-state index contributed by atoms with van der Waals surface area (Å²) in [6, 6.07) is 42.2. The molecule has 0 amide bonds. The molecule has 0 aliphatic rings. The van der Waals surface area contributed by atoms with Gasteiger partial charge in [0.05, 0.1) is 0 Å². The van der Waals surface area contributed by atoms with Crippen molar-refractivity contribution < 1.29 is 9.53 Å². The number of carbonyl (C=O) groups is 1. The molecule has 0 bridgehead atoms. The SMILES string of the molecule is Br.O=C(CC=CC[PH](c1ccccc1)(c1ccccc1)c1ccccc1)OCc1ccccc1. The fourth-order valence-corrected chi connectivity index (χ4v) is 8.77. The number of halogens is 1. The van der Waals surface area contributed by atoms with Crippen LogP contribution in [0.25, 0.3) is 0 Å². The first-order chi connectivity index (χ1) is 16.3. The monoisotopic (exact) mass is 532 g/mol. The van der Waals surface area contributed by atoms with Crippen molar-refractivity contribution >= 4 is 46.1 Å². The summed E-state index contributed by atoms with van der Waals surface area (Å²) in [5.74, 6) is -0.207. The van der Waals surface area contributed by atoms with Gasteiger partial charge < -0.3 is 0 Å². The van der Waals surface area contributed by atoms with Crippen LogP contribution in [0.4, 0.5) is 0 Å². The summed E-state index contributed by atoms with van der Waals surface area (Å²) >= 11 is 0. The van der Waals surface area contributed by atoms with E-state index in [1.165, 1.54) is 15.9 Å². The van der Waals surface area contributed by atoms with Crippen molar-refractivity contribution in [2.75, 3.05) is 6.16 Å². The number of hydrogen-bond acceptors (Lipinski definition) is 2. The van der Waals surface area contributed by atoms with Crippen LogP contribution in [-0.4, -0.2) is 12.1 Å². The third kappa shape index (κ3) is 6.32. The molecule has 174 valence electrons. The summed E-state index contributed by atoms with van der Waals surface area (Å²) in [4.78, 5) is 12.3. The molecule has 0 fully saturated rings. The number of rotatable bonds is 9. The van der Waals surface area contributed by atoms with E-state index in [2.05, 4.69) is 97.1 Å². The van der Waals surface area contributed by atoms with E-state index < -0.39 is 7.26 Å². The first-order valence-electron chi connectivity index (χ1n) is 11.3. The fraction of sp³-hybridized carbons (Fsp3) is 0.100. The van der Waals surface area contributed by atoms with Gasteiger partial charge in [0.15, 0.2) is 0 Å². The summed E-state index contributed by atoms with van der Waals surface area (Å²) < 4.78 is 5.44. The standard InChI is InChI=1S/C30H29O2P.BrH/c31-30(32-25-26-15-5-1-6-16-26)23-13-14-24-33(27-17-7-2-8-18-27,28-19-9-3-10-20-28)29-21-11-4-12-22-29;/h1-22,33H,23-25H2;1H. The summed E-state index contributed by atoms with van der Waals surface area (Å²) in [5, 5.41) is 4.08. The van der Waals surface area contributed by atoms with Gasteiger partial charge in [-0.1, -0.05) is 0 Å². The zero-order chi connectivity index (χ0) is 22.8. The molecular formula is C30H30BrO2P. The van der Waals surface area contributed by atoms with Crippen LogP contribution in [-0.2, 0) is 16.1 Å². The average Bonchev–Trinajstić information content (AvgIpc) is 2.90. The molecule has 0 unspecified atom stereocenters. The van der Waals surface area contributed by atoms with Crippen LogP contribution >= 0.6 is 24.2 Å². The van der Waals surface area contributed by atoms with Crippen molar-refractivity contribution in [2.24, 2.45) is 0 Å². The number of carbonyl (C=O) groups excluding carboxylic acids is 1. The predicted octanol–water partition coefficient (Wildman–Crippen LogP) is 5.98. The number of esters is 1. The summed E-state index contributed by atoms with van der Waals surface area (Å²) in [6.07, 6.45) is 5.28. The Morgan fingerprint density at radius 1 is 0.618 bits per heavy atom. The molecule has 0 saturated carbocycles. The Labute approximate surface area is 213 Å². The van der Waals surface area contributed by atoms with Gasteiger partial charge in [-0.2, -0.15) is 0 Å². The maximum absolute atomic E-state index is 12.3. The van der Waals surface area contributed by atoms with Crippen LogP contribution in [0.1, 0.15) is 12.0 Å². The molecule has 0 atom stereocenters. The van der Waals surface area contributed by atoms with E-state index in [9.17, 15) is 4.79 Å². The molecule has 0 heterocycles. The Morgan fingerprint density at radius 2 is 1.03 bits per heavy atom. The molecule has 2 nitrogen and oxygen atoms in total. The van der Waals surface area contributed by atoms with Gasteiger partial charge in [-0.15, -0.1) is 17.0 Å². The molecule has 0 spiro atoms. The van der Waals surface area contributed by atoms with Gasteiger partial charge in [0.1, 0.15) is 0 Å². The quantitative estimate of drug-likeness (QED) is 0.150. The average molecular weight is 533 g/mol. The third-order valence-electron chi connectivity index (χ3n) is 5.92. The van der Waals surface area contributed by atoms with Crippen molar-refractivity contribution in [1.29, 1.82) is 0 Å². The second-order valence-electron chi connectivity index (χ2n) is 8.03. The van der Waals surface area contributed by atoms with Crippen LogP contribution in [0.15, 0.2) is 133 Å². The molecule has 4 rings (SSSR count). The van der Waals surface area contributed by atoms with Gasteiger partial charge in [0.25, 0.3) is 0 Å². The van der Waals surface area contributed by atoms with Gasteiger partial charge in [-0.05, 0) is 0 Å². The van der Waals surface area contributed by atoms with Crippen LogP contribution in [0.3, 0.4) is 0 Å². The Hall–Kier alpha value is -3.00. The molecular weight excluding hydrogens is 503 g/mol. The molecule has 0 aliphatic heterocycles. The number of hydrogen-bond donors (Lipinski definition) is 0. The van der Waals surface area contributed by atoms with E-state index in [1.807, 2.05) is 36.4 Å². The Morgan fingerprint density at radius 3 is 1.47 bits per heavy atom. The van der Waals surface area contributed by atoms with Gasteiger partial charge in [0.2, 0.25) is 0 Å². The topological polar surface area (TPSA) is 26.3 Å². The van der Waals surface area contributed by atoms with Crippen LogP contribution in [0, 0.1) is 0 Å². The van der Waals surface area contributed by atoms with Gasteiger partial charge in [0, 0.05) is 0 Å². The van der Waals surface area contributed by atoms with Crippen LogP contribution in [0.2, 0.25) is 0 Å². The molecule has 34 heavy (non-hydrogen) atoms. The molecule has 4 heteroatoms. The van der Waals surface area contributed by atoms with Gasteiger partial charge >= 0.3 is 197 Å². The predicted molar refractivity (Wildman–Crippen MR) is 152 cm³/mol. The minimum absolute atomic E-state index is 0. The van der Waals surface area contributed by atoms with Crippen molar-refractivity contribution in [3.05, 3.63) is 139 Å². The summed E-state index contributed by atoms with van der Waals surface area (Å²) in [7, 11) is -2.31. The third-order valence-corrected chi connectivity index (χ3v) is 10.7. The number of benzene rings is 4. The van der Waals surface area contributed by atoms with Crippen LogP contribution < -0.4 is 15.9 Å². The normalized spacial score (nSPS) is 11.5. The maximum atomic E-state index is 12.3. The summed E-state index contributed by atoms with van der Waals surface area (Å²) in [5.41, 5.74) is 0.999. The fourth-order valence-electron chi connectivity index (χ4n) is 4.26. The first kappa shape index (κ1) is 25.6. The molecule has 0 radical (unpaired) electrons. The van der Waals surface area contributed by atoms with Gasteiger partial charge in [-0.25, -0.2) is 0 Å². The van der Waals surface area contributed by atoms with Crippen molar-refractivity contribution in [3.8, 4) is 0 Å². The Balaban J connectivity index is 0.00000324. The van der Waals surface area contributed by atoms with Crippen molar-refractivity contribution in [2.45, 2.75) is 13.0 Å². The number of allylic oxidation sites excluding steroid dienone is 1. The number of ether oxygens (including phenoxy) is 1. The second-order valence-corrected chi connectivity index (χ2v) is 12.0. The zero-order valence-electron chi connectivity index (χ0n) is 19.0. The van der Waals surface area contributed by atoms with E-state index in [0.29, 0.717) is 6.61 Å².